The van der Waals surface area contributed by atoms with Crippen LogP contribution >= 0.6 is 35.6 Å². The normalized spacial score (nSPS) is 20.0. The molecule has 0 amide bonds. The molecule has 1 saturated carbocycles. The number of aliphatic imine (C=N–C) groups is 1. The fraction of sp³-hybridized carbons (Fsp3) is 0.650. The Morgan fingerprint density at radius 1 is 1.15 bits per heavy atom. The first-order valence-electron chi connectivity index (χ1n) is 9.80. The predicted molar refractivity (Wildman–Crippen MR) is 126 cm³/mol. The van der Waals surface area contributed by atoms with Crippen molar-refractivity contribution in [3.8, 4) is 0 Å². The molecule has 152 valence electrons. The van der Waals surface area contributed by atoms with Crippen molar-refractivity contribution in [3.63, 3.8) is 0 Å². The number of benzene rings is 1. The molecule has 2 fully saturated rings. The van der Waals surface area contributed by atoms with E-state index in [2.05, 4.69) is 44.5 Å². The lowest BCUT2D eigenvalue weighted by Gasteiger charge is -2.34. The molecule has 5 nitrogen and oxygen atoms in total. The van der Waals surface area contributed by atoms with Crippen molar-refractivity contribution in [2.75, 3.05) is 59.4 Å². The molecule has 0 radical (unpaired) electrons. The number of rotatable bonds is 7. The van der Waals surface area contributed by atoms with Crippen LogP contribution < -0.4 is 10.6 Å². The summed E-state index contributed by atoms with van der Waals surface area (Å²) in [6.07, 6.45) is 2.41. The maximum Gasteiger partial charge on any atom is 0.191 e. The zero-order valence-electron chi connectivity index (χ0n) is 16.5. The Kier molecular flexibility index (Phi) is 9.11. The zero-order valence-corrected chi connectivity index (χ0v) is 19.6. The fourth-order valence-corrected chi connectivity index (χ4v) is 3.86. The summed E-state index contributed by atoms with van der Waals surface area (Å²) in [6.45, 7) is 11.0. The van der Waals surface area contributed by atoms with Crippen LogP contribution in [0.15, 0.2) is 29.3 Å². The lowest BCUT2D eigenvalue weighted by molar-refractivity contribution is 0.139. The molecule has 0 unspecified atom stereocenters. The fourth-order valence-electron chi connectivity index (χ4n) is 3.67. The average Bonchev–Trinajstić information content (AvgIpc) is 3.46. The molecule has 1 aromatic rings. The maximum absolute atomic E-state index is 6.17. The van der Waals surface area contributed by atoms with Gasteiger partial charge in [-0.3, -0.25) is 9.89 Å². The predicted octanol–water partition coefficient (Wildman–Crippen LogP) is 2.79. The van der Waals surface area contributed by atoms with Crippen LogP contribution in [-0.2, 0) is 5.41 Å². The molecular formula is C20H33ClIN5. The van der Waals surface area contributed by atoms with Crippen molar-refractivity contribution in [1.82, 2.24) is 20.4 Å². The molecule has 1 aromatic carbocycles. The van der Waals surface area contributed by atoms with Crippen molar-refractivity contribution in [2.24, 2.45) is 4.99 Å². The molecule has 1 aliphatic carbocycles. The topological polar surface area (TPSA) is 42.9 Å². The van der Waals surface area contributed by atoms with E-state index in [1.54, 1.807) is 0 Å². The summed E-state index contributed by atoms with van der Waals surface area (Å²) < 4.78 is 0. The van der Waals surface area contributed by atoms with E-state index in [0.717, 1.165) is 37.2 Å². The molecular weight excluding hydrogens is 473 g/mol. The number of nitrogens with zero attached hydrogens (tertiary/aromatic N) is 3. The first-order chi connectivity index (χ1) is 12.6. The third kappa shape index (κ3) is 6.48. The van der Waals surface area contributed by atoms with Crippen LogP contribution in [0.4, 0.5) is 0 Å². The Morgan fingerprint density at radius 2 is 1.85 bits per heavy atom. The standard InChI is InChI=1S/C20H32ClN5.HI/c1-3-25-11-13-26(14-12-25)10-9-23-19(22-2)24-16-20(7-8-20)17-5-4-6-18(21)15-17;/h4-6,15H,3,7-14,16H2,1-2H3,(H2,22,23,24);1H. The summed E-state index contributed by atoms with van der Waals surface area (Å²) in [4.78, 5) is 9.42. The Labute approximate surface area is 185 Å². The van der Waals surface area contributed by atoms with E-state index < -0.39 is 0 Å². The Bertz CT molecular complexity index is 612. The van der Waals surface area contributed by atoms with Gasteiger partial charge in [0.05, 0.1) is 0 Å². The Morgan fingerprint density at radius 3 is 2.44 bits per heavy atom. The lowest BCUT2D eigenvalue weighted by Crippen LogP contribution is -2.49. The molecule has 0 aromatic heterocycles. The lowest BCUT2D eigenvalue weighted by atomic mass is 9.96. The van der Waals surface area contributed by atoms with Gasteiger partial charge in [0, 0.05) is 63.3 Å². The number of hydrogen-bond donors (Lipinski definition) is 2. The summed E-state index contributed by atoms with van der Waals surface area (Å²) >= 11 is 6.17. The van der Waals surface area contributed by atoms with Gasteiger partial charge in [0.25, 0.3) is 0 Å². The molecule has 1 saturated heterocycles. The van der Waals surface area contributed by atoms with E-state index in [0.29, 0.717) is 0 Å². The van der Waals surface area contributed by atoms with Gasteiger partial charge < -0.3 is 15.5 Å². The minimum absolute atomic E-state index is 0. The van der Waals surface area contributed by atoms with Gasteiger partial charge in [0.1, 0.15) is 0 Å². The number of likely N-dealkylation sites (N-methyl/N-ethyl adjacent to an activating group) is 1. The van der Waals surface area contributed by atoms with Crippen molar-refractivity contribution in [3.05, 3.63) is 34.9 Å². The van der Waals surface area contributed by atoms with Crippen LogP contribution in [0, 0.1) is 0 Å². The van der Waals surface area contributed by atoms with Gasteiger partial charge in [-0.25, -0.2) is 0 Å². The highest BCUT2D eigenvalue weighted by Crippen LogP contribution is 2.48. The molecule has 1 aliphatic heterocycles. The first-order valence-corrected chi connectivity index (χ1v) is 10.2. The summed E-state index contributed by atoms with van der Waals surface area (Å²) in [5.41, 5.74) is 1.56. The summed E-state index contributed by atoms with van der Waals surface area (Å²) in [7, 11) is 1.84. The smallest absolute Gasteiger partial charge is 0.191 e. The van der Waals surface area contributed by atoms with Crippen LogP contribution in [0.1, 0.15) is 25.3 Å². The third-order valence-corrected chi connectivity index (χ3v) is 5.98. The monoisotopic (exact) mass is 505 g/mol. The van der Waals surface area contributed by atoms with Gasteiger partial charge in [-0.15, -0.1) is 24.0 Å². The van der Waals surface area contributed by atoms with E-state index in [1.807, 2.05) is 19.2 Å². The SMILES string of the molecule is CCN1CCN(CCNC(=NC)NCC2(c3cccc(Cl)c3)CC2)CC1.I. The van der Waals surface area contributed by atoms with Gasteiger partial charge in [0.15, 0.2) is 5.96 Å². The summed E-state index contributed by atoms with van der Waals surface area (Å²) in [6, 6.07) is 8.27. The molecule has 0 bridgehead atoms. The second-order valence-electron chi connectivity index (χ2n) is 7.42. The van der Waals surface area contributed by atoms with E-state index in [9.17, 15) is 0 Å². The molecule has 3 rings (SSSR count). The molecule has 7 heteroatoms. The van der Waals surface area contributed by atoms with Gasteiger partial charge in [-0.1, -0.05) is 30.7 Å². The van der Waals surface area contributed by atoms with Crippen molar-refractivity contribution < 1.29 is 0 Å². The molecule has 27 heavy (non-hydrogen) atoms. The van der Waals surface area contributed by atoms with Gasteiger partial charge in [-0.2, -0.15) is 0 Å². The summed E-state index contributed by atoms with van der Waals surface area (Å²) in [5, 5.41) is 7.79. The maximum atomic E-state index is 6.17. The number of piperazine rings is 1. The van der Waals surface area contributed by atoms with Crippen LogP contribution in [0.25, 0.3) is 0 Å². The second-order valence-corrected chi connectivity index (χ2v) is 7.86. The zero-order chi connectivity index (χ0) is 18.4. The molecule has 2 aliphatic rings. The highest BCUT2D eigenvalue weighted by atomic mass is 127. The van der Waals surface area contributed by atoms with E-state index in [-0.39, 0.29) is 29.4 Å². The first kappa shape index (κ1) is 22.7. The molecule has 2 N–H and O–H groups in total. The van der Waals surface area contributed by atoms with Crippen LogP contribution in [0.2, 0.25) is 5.02 Å². The van der Waals surface area contributed by atoms with Crippen LogP contribution in [0.5, 0.6) is 0 Å². The number of hydrogen-bond acceptors (Lipinski definition) is 3. The summed E-state index contributed by atoms with van der Waals surface area (Å²) in [5.74, 6) is 0.894. The van der Waals surface area contributed by atoms with Gasteiger partial charge >= 0.3 is 0 Å². The van der Waals surface area contributed by atoms with Crippen molar-refractivity contribution in [1.29, 1.82) is 0 Å². The molecule has 0 atom stereocenters. The van der Waals surface area contributed by atoms with Crippen LogP contribution in [-0.4, -0.2) is 75.2 Å². The number of halogens is 2. The van der Waals surface area contributed by atoms with E-state index in [1.165, 1.54) is 44.6 Å². The minimum atomic E-state index is 0. The van der Waals surface area contributed by atoms with Gasteiger partial charge in [-0.05, 0) is 37.1 Å². The quantitative estimate of drug-likeness (QED) is 0.340. The van der Waals surface area contributed by atoms with E-state index >= 15 is 0 Å². The molecule has 1 heterocycles. The third-order valence-electron chi connectivity index (χ3n) is 5.74. The van der Waals surface area contributed by atoms with Crippen molar-refractivity contribution in [2.45, 2.75) is 25.2 Å². The van der Waals surface area contributed by atoms with Crippen molar-refractivity contribution >= 4 is 41.5 Å². The highest BCUT2D eigenvalue weighted by Gasteiger charge is 2.44. The largest absolute Gasteiger partial charge is 0.356 e. The Balaban J connectivity index is 0.00000261. The van der Waals surface area contributed by atoms with Crippen LogP contribution in [0.3, 0.4) is 0 Å². The average molecular weight is 506 g/mol. The highest BCUT2D eigenvalue weighted by molar-refractivity contribution is 14.0. The Hall–Kier alpha value is -0.570. The number of nitrogens with one attached hydrogen (secondary N) is 2. The number of guanidine groups is 1. The van der Waals surface area contributed by atoms with Gasteiger partial charge in [0.2, 0.25) is 0 Å². The minimum Gasteiger partial charge on any atom is -0.356 e. The molecule has 0 spiro atoms. The van der Waals surface area contributed by atoms with E-state index in [4.69, 9.17) is 11.6 Å². The second kappa shape index (κ2) is 10.8.